The van der Waals surface area contributed by atoms with E-state index < -0.39 is 17.6 Å². The highest BCUT2D eigenvalue weighted by molar-refractivity contribution is 6.00. The van der Waals surface area contributed by atoms with Crippen LogP contribution in [0.2, 0.25) is 0 Å². The van der Waals surface area contributed by atoms with E-state index in [2.05, 4.69) is 10.3 Å². The first-order valence-corrected chi connectivity index (χ1v) is 8.85. The summed E-state index contributed by atoms with van der Waals surface area (Å²) in [6.07, 6.45) is -0.808. The van der Waals surface area contributed by atoms with Crippen molar-refractivity contribution in [1.82, 2.24) is 15.2 Å². The maximum absolute atomic E-state index is 13.7. The van der Waals surface area contributed by atoms with Crippen molar-refractivity contribution in [3.05, 3.63) is 41.6 Å². The largest absolute Gasteiger partial charge is 0.417 e. The summed E-state index contributed by atoms with van der Waals surface area (Å²) in [4.78, 5) is 18.5. The van der Waals surface area contributed by atoms with E-state index >= 15 is 0 Å². The third kappa shape index (κ3) is 2.94. The topological polar surface area (TPSA) is 45.2 Å². The molecule has 2 aliphatic heterocycles. The molecule has 138 valence electrons. The fourth-order valence-corrected chi connectivity index (χ4v) is 4.19. The van der Waals surface area contributed by atoms with Gasteiger partial charge in [0.2, 0.25) is 0 Å². The quantitative estimate of drug-likeness (QED) is 0.844. The number of alkyl halides is 3. The number of likely N-dealkylation sites (tertiary alicyclic amines) is 1. The van der Waals surface area contributed by atoms with Gasteiger partial charge in [-0.2, -0.15) is 13.2 Å². The molecule has 1 aromatic heterocycles. The molecule has 0 unspecified atom stereocenters. The van der Waals surface area contributed by atoms with Gasteiger partial charge in [-0.1, -0.05) is 18.2 Å². The number of piperidine rings is 1. The van der Waals surface area contributed by atoms with Crippen molar-refractivity contribution in [2.24, 2.45) is 5.41 Å². The smallest absolute Gasteiger partial charge is 0.339 e. The van der Waals surface area contributed by atoms with E-state index in [0.717, 1.165) is 38.5 Å². The Morgan fingerprint density at radius 2 is 1.88 bits per heavy atom. The summed E-state index contributed by atoms with van der Waals surface area (Å²) in [5.74, 6) is -0.573. The van der Waals surface area contributed by atoms with Gasteiger partial charge in [-0.15, -0.1) is 0 Å². The molecule has 4 nitrogen and oxygen atoms in total. The van der Waals surface area contributed by atoms with E-state index in [4.69, 9.17) is 0 Å². The van der Waals surface area contributed by atoms with Gasteiger partial charge >= 0.3 is 6.18 Å². The monoisotopic (exact) mass is 363 g/mol. The second-order valence-corrected chi connectivity index (χ2v) is 7.28. The fourth-order valence-electron chi connectivity index (χ4n) is 4.19. The number of hydrogen-bond donors (Lipinski definition) is 1. The molecule has 0 bridgehead atoms. The fraction of sp³-hybridized carbons (Fsp3) is 0.474. The summed E-state index contributed by atoms with van der Waals surface area (Å²) >= 11 is 0. The highest BCUT2D eigenvalue weighted by Gasteiger charge is 2.41. The minimum Gasteiger partial charge on any atom is -0.339 e. The number of nitrogens with zero attached hydrogens (tertiary/aromatic N) is 2. The van der Waals surface area contributed by atoms with Gasteiger partial charge in [-0.05, 0) is 37.3 Å². The molecule has 0 saturated carbocycles. The minimum atomic E-state index is -4.61. The predicted octanol–water partition coefficient (Wildman–Crippen LogP) is 3.47. The lowest BCUT2D eigenvalue weighted by Crippen LogP contribution is -2.44. The molecule has 0 radical (unpaired) electrons. The minimum absolute atomic E-state index is 0.0284. The molecule has 4 rings (SSSR count). The third-order valence-corrected chi connectivity index (χ3v) is 5.73. The predicted molar refractivity (Wildman–Crippen MR) is 91.8 cm³/mol. The lowest BCUT2D eigenvalue weighted by atomic mass is 9.77. The summed E-state index contributed by atoms with van der Waals surface area (Å²) in [5, 5.41) is 3.32. The van der Waals surface area contributed by atoms with Crippen LogP contribution < -0.4 is 5.32 Å². The van der Waals surface area contributed by atoms with Crippen LogP contribution in [0.15, 0.2) is 30.5 Å². The average molecular weight is 363 g/mol. The summed E-state index contributed by atoms with van der Waals surface area (Å²) in [7, 11) is 0. The molecule has 1 N–H and O–H groups in total. The zero-order chi connectivity index (χ0) is 18.4. The molecule has 1 amide bonds. The van der Waals surface area contributed by atoms with Crippen molar-refractivity contribution in [3.8, 4) is 0 Å². The summed E-state index contributed by atoms with van der Waals surface area (Å²) in [6, 6.07) is 6.07. The van der Waals surface area contributed by atoms with E-state index in [9.17, 15) is 18.0 Å². The molecule has 0 aliphatic carbocycles. The zero-order valence-corrected chi connectivity index (χ0v) is 14.3. The first-order valence-electron chi connectivity index (χ1n) is 8.85. The number of pyridine rings is 1. The van der Waals surface area contributed by atoms with Crippen molar-refractivity contribution < 1.29 is 18.0 Å². The van der Waals surface area contributed by atoms with Gasteiger partial charge < -0.3 is 10.2 Å². The van der Waals surface area contributed by atoms with Crippen LogP contribution >= 0.6 is 0 Å². The molecule has 3 heterocycles. The highest BCUT2D eigenvalue weighted by atomic mass is 19.4. The summed E-state index contributed by atoms with van der Waals surface area (Å²) in [6.45, 7) is 2.89. The van der Waals surface area contributed by atoms with Gasteiger partial charge in [0, 0.05) is 31.2 Å². The third-order valence-electron chi connectivity index (χ3n) is 5.73. The number of aromatic nitrogens is 1. The first kappa shape index (κ1) is 17.3. The van der Waals surface area contributed by atoms with Crippen molar-refractivity contribution in [2.75, 3.05) is 26.2 Å². The van der Waals surface area contributed by atoms with Crippen LogP contribution in [0, 0.1) is 5.41 Å². The number of rotatable bonds is 1. The molecule has 2 aromatic rings. The number of carbonyl (C=O) groups is 1. The molecular formula is C19H20F3N3O. The average Bonchev–Trinajstić information content (AvgIpc) is 3.08. The molecule has 1 spiro atoms. The number of para-hydroxylation sites is 1. The summed E-state index contributed by atoms with van der Waals surface area (Å²) in [5.41, 5.74) is -0.788. The Bertz CT molecular complexity index is 834. The Balaban J connectivity index is 1.67. The molecule has 1 aromatic carbocycles. The molecular weight excluding hydrogens is 343 g/mol. The highest BCUT2D eigenvalue weighted by Crippen LogP contribution is 2.40. The van der Waals surface area contributed by atoms with Crippen LogP contribution in [-0.4, -0.2) is 42.0 Å². The van der Waals surface area contributed by atoms with E-state index in [1.54, 1.807) is 11.0 Å². The number of fused-ring (bicyclic) bond motifs is 1. The maximum atomic E-state index is 13.7. The van der Waals surface area contributed by atoms with Crippen molar-refractivity contribution >= 4 is 16.8 Å². The van der Waals surface area contributed by atoms with Crippen LogP contribution in [-0.2, 0) is 6.18 Å². The number of carbonyl (C=O) groups excluding carboxylic acids is 1. The van der Waals surface area contributed by atoms with Crippen LogP contribution in [0.1, 0.15) is 35.2 Å². The Labute approximate surface area is 149 Å². The van der Waals surface area contributed by atoms with Crippen molar-refractivity contribution in [3.63, 3.8) is 0 Å². The van der Waals surface area contributed by atoms with Gasteiger partial charge in [-0.3, -0.25) is 9.78 Å². The SMILES string of the molecule is O=C(c1cnc2ccccc2c1C(F)(F)F)N1CCC2(CCNC2)CC1. The lowest BCUT2D eigenvalue weighted by molar-refractivity contribution is -0.136. The van der Waals surface area contributed by atoms with E-state index in [1.165, 1.54) is 18.2 Å². The van der Waals surface area contributed by atoms with Crippen LogP contribution in [0.4, 0.5) is 13.2 Å². The Hall–Kier alpha value is -2.15. The molecule has 26 heavy (non-hydrogen) atoms. The number of amides is 1. The van der Waals surface area contributed by atoms with Crippen LogP contribution in [0.3, 0.4) is 0 Å². The molecule has 2 fully saturated rings. The van der Waals surface area contributed by atoms with E-state index in [-0.39, 0.29) is 21.9 Å². The number of nitrogens with one attached hydrogen (secondary N) is 1. The second-order valence-electron chi connectivity index (χ2n) is 7.28. The normalized spacial score (nSPS) is 20.0. The van der Waals surface area contributed by atoms with Crippen LogP contribution in [0.25, 0.3) is 10.9 Å². The standard InChI is InChI=1S/C19H20F3N3O/c20-19(21,22)16-13-3-1-2-4-15(13)24-11-14(16)17(26)25-9-6-18(7-10-25)5-8-23-12-18/h1-4,11,23H,5-10,12H2. The Morgan fingerprint density at radius 1 is 1.15 bits per heavy atom. The molecule has 0 atom stereocenters. The lowest BCUT2D eigenvalue weighted by Gasteiger charge is -2.39. The van der Waals surface area contributed by atoms with Crippen molar-refractivity contribution in [2.45, 2.75) is 25.4 Å². The Morgan fingerprint density at radius 3 is 2.54 bits per heavy atom. The second kappa shape index (κ2) is 6.23. The summed E-state index contributed by atoms with van der Waals surface area (Å²) < 4.78 is 41.2. The maximum Gasteiger partial charge on any atom is 0.417 e. The Kier molecular flexibility index (Phi) is 4.14. The molecule has 7 heteroatoms. The van der Waals surface area contributed by atoms with Crippen LogP contribution in [0.5, 0.6) is 0 Å². The molecule has 2 saturated heterocycles. The van der Waals surface area contributed by atoms with Gasteiger partial charge in [0.15, 0.2) is 0 Å². The number of halogens is 3. The van der Waals surface area contributed by atoms with Crippen molar-refractivity contribution in [1.29, 1.82) is 0 Å². The number of benzene rings is 1. The first-order chi connectivity index (χ1) is 12.4. The number of hydrogen-bond acceptors (Lipinski definition) is 3. The van der Waals surface area contributed by atoms with Gasteiger partial charge in [0.1, 0.15) is 0 Å². The van der Waals surface area contributed by atoms with E-state index in [1.807, 2.05) is 0 Å². The zero-order valence-electron chi connectivity index (χ0n) is 14.3. The van der Waals surface area contributed by atoms with Gasteiger partial charge in [0.25, 0.3) is 5.91 Å². The molecule has 2 aliphatic rings. The van der Waals surface area contributed by atoms with Gasteiger partial charge in [-0.25, -0.2) is 0 Å². The van der Waals surface area contributed by atoms with Gasteiger partial charge in [0.05, 0.1) is 16.6 Å². The van der Waals surface area contributed by atoms with E-state index in [0.29, 0.717) is 13.1 Å².